The third-order valence-electron chi connectivity index (χ3n) is 4.03. The lowest BCUT2D eigenvalue weighted by atomic mass is 9.76. The van der Waals surface area contributed by atoms with E-state index >= 15 is 0 Å². The van der Waals surface area contributed by atoms with Gasteiger partial charge in [0, 0.05) is 11.4 Å². The molecule has 0 fully saturated rings. The molecule has 0 N–H and O–H groups in total. The highest BCUT2D eigenvalue weighted by molar-refractivity contribution is 7.89. The summed E-state index contributed by atoms with van der Waals surface area (Å²) in [7, 11) is -3.86. The van der Waals surface area contributed by atoms with Crippen LogP contribution in [0.25, 0.3) is 0 Å². The Labute approximate surface area is 140 Å². The van der Waals surface area contributed by atoms with E-state index in [2.05, 4.69) is 5.10 Å². The minimum Gasteiger partial charge on any atom is -0.294 e. The number of benzene rings is 1. The molecule has 0 atom stereocenters. The average Bonchev–Trinajstić information content (AvgIpc) is 2.75. The van der Waals surface area contributed by atoms with Gasteiger partial charge >= 0.3 is 0 Å². The summed E-state index contributed by atoms with van der Waals surface area (Å²) in [5.41, 5.74) is 1.09. The first-order chi connectivity index (χ1) is 10.6. The predicted octanol–water partition coefficient (Wildman–Crippen LogP) is 3.24. The molecule has 0 saturated carbocycles. The van der Waals surface area contributed by atoms with Crippen LogP contribution in [0.15, 0.2) is 29.2 Å². The van der Waals surface area contributed by atoms with E-state index in [1.165, 1.54) is 24.3 Å². The largest absolute Gasteiger partial charge is 0.294 e. The zero-order valence-electron chi connectivity index (χ0n) is 13.1. The first-order valence-corrected chi connectivity index (χ1v) is 9.06. The summed E-state index contributed by atoms with van der Waals surface area (Å²) in [5.74, 6) is -0.0497. The van der Waals surface area contributed by atoms with Crippen molar-refractivity contribution in [3.63, 3.8) is 0 Å². The van der Waals surface area contributed by atoms with Gasteiger partial charge in [-0.15, -0.1) is 0 Å². The Morgan fingerprint density at radius 3 is 2.39 bits per heavy atom. The zero-order chi connectivity index (χ0) is 17.0. The number of hydrogen-bond acceptors (Lipinski definition) is 4. The van der Waals surface area contributed by atoms with E-state index in [1.807, 2.05) is 13.8 Å². The Balaban J connectivity index is 2.20. The van der Waals surface area contributed by atoms with Gasteiger partial charge in [-0.25, -0.2) is 0 Å². The van der Waals surface area contributed by atoms with Crippen molar-refractivity contribution in [3.8, 4) is 0 Å². The van der Waals surface area contributed by atoms with E-state index < -0.39 is 10.0 Å². The lowest BCUT2D eigenvalue weighted by molar-refractivity contribution is 0.0911. The maximum absolute atomic E-state index is 12.9. The van der Waals surface area contributed by atoms with E-state index in [1.54, 1.807) is 6.92 Å². The normalized spacial score (nSPS) is 17.1. The minimum absolute atomic E-state index is 0.0497. The fourth-order valence-corrected chi connectivity index (χ4v) is 4.50. The van der Waals surface area contributed by atoms with E-state index in [-0.39, 0.29) is 16.1 Å². The number of carbonyl (C=O) groups is 1. The van der Waals surface area contributed by atoms with Crippen molar-refractivity contribution in [2.24, 2.45) is 5.41 Å². The maximum atomic E-state index is 12.9. The van der Waals surface area contributed by atoms with Crippen LogP contribution in [0.2, 0.25) is 5.02 Å². The second-order valence-electron chi connectivity index (χ2n) is 6.65. The predicted molar refractivity (Wildman–Crippen MR) is 87.4 cm³/mol. The summed E-state index contributed by atoms with van der Waals surface area (Å²) >= 11 is 5.82. The van der Waals surface area contributed by atoms with Crippen LogP contribution in [-0.4, -0.2) is 23.4 Å². The van der Waals surface area contributed by atoms with Crippen molar-refractivity contribution < 1.29 is 13.2 Å². The molecule has 1 aromatic heterocycles. The molecule has 1 aliphatic carbocycles. The van der Waals surface area contributed by atoms with Crippen LogP contribution in [0.4, 0.5) is 0 Å². The fourth-order valence-electron chi connectivity index (χ4n) is 3.01. The van der Waals surface area contributed by atoms with Gasteiger partial charge in [0.1, 0.15) is 0 Å². The molecule has 2 aromatic rings. The highest BCUT2D eigenvalue weighted by Crippen LogP contribution is 2.37. The monoisotopic (exact) mass is 352 g/mol. The Kier molecular flexibility index (Phi) is 3.65. The second kappa shape index (κ2) is 5.18. The Morgan fingerprint density at radius 2 is 1.78 bits per heavy atom. The number of nitrogens with zero attached hydrogens (tertiary/aromatic N) is 2. The molecule has 0 bridgehead atoms. The lowest BCUT2D eigenvalue weighted by Gasteiger charge is -2.28. The standard InChI is InChI=1S/C16H17ClN2O3S/c1-10-15-13(8-16(2,3)9-14(15)20)19(18-10)23(21,22)12-6-4-11(17)5-7-12/h4-7H,8-9H2,1-3H3. The fraction of sp³-hybridized carbons (Fsp3) is 0.375. The van der Waals surface area contributed by atoms with Gasteiger partial charge in [0.25, 0.3) is 10.0 Å². The number of halogens is 1. The minimum atomic E-state index is -3.86. The molecule has 1 heterocycles. The molecule has 0 radical (unpaired) electrons. The number of ketones is 1. The zero-order valence-corrected chi connectivity index (χ0v) is 14.7. The van der Waals surface area contributed by atoms with Crippen molar-refractivity contribution in [3.05, 3.63) is 46.2 Å². The van der Waals surface area contributed by atoms with E-state index in [0.29, 0.717) is 34.8 Å². The maximum Gasteiger partial charge on any atom is 0.283 e. The summed E-state index contributed by atoms with van der Waals surface area (Å²) < 4.78 is 26.8. The van der Waals surface area contributed by atoms with Crippen molar-refractivity contribution in [2.75, 3.05) is 0 Å². The SMILES string of the molecule is Cc1nn(S(=O)(=O)c2ccc(Cl)cc2)c2c1C(=O)CC(C)(C)C2. The third-order valence-corrected chi connectivity index (χ3v) is 5.90. The Morgan fingerprint density at radius 1 is 1.17 bits per heavy atom. The lowest BCUT2D eigenvalue weighted by Crippen LogP contribution is -2.30. The van der Waals surface area contributed by atoms with Crippen LogP contribution in [0, 0.1) is 12.3 Å². The first kappa shape index (κ1) is 16.2. The van der Waals surface area contributed by atoms with Crippen LogP contribution in [-0.2, 0) is 16.4 Å². The van der Waals surface area contributed by atoms with Crippen LogP contribution in [0.3, 0.4) is 0 Å². The van der Waals surface area contributed by atoms with Crippen molar-refractivity contribution in [2.45, 2.75) is 38.5 Å². The second-order valence-corrected chi connectivity index (χ2v) is 8.85. The molecule has 122 valence electrons. The third kappa shape index (κ3) is 2.70. The quantitative estimate of drug-likeness (QED) is 0.832. The molecule has 0 spiro atoms. The van der Waals surface area contributed by atoms with Gasteiger partial charge < -0.3 is 0 Å². The number of aryl methyl sites for hydroxylation is 1. The summed E-state index contributed by atoms with van der Waals surface area (Å²) in [6.45, 7) is 5.58. The molecule has 23 heavy (non-hydrogen) atoms. The number of aromatic nitrogens is 2. The van der Waals surface area contributed by atoms with Gasteiger partial charge in [-0.2, -0.15) is 17.6 Å². The molecule has 7 heteroatoms. The highest BCUT2D eigenvalue weighted by Gasteiger charge is 2.38. The smallest absolute Gasteiger partial charge is 0.283 e. The summed E-state index contributed by atoms with van der Waals surface area (Å²) in [4.78, 5) is 12.5. The molecule has 0 saturated heterocycles. The molecule has 0 aliphatic heterocycles. The number of Topliss-reactive ketones (excluding diaryl/α,β-unsaturated/α-hetero) is 1. The summed E-state index contributed by atoms with van der Waals surface area (Å²) in [6, 6.07) is 5.92. The summed E-state index contributed by atoms with van der Waals surface area (Å²) in [5, 5.41) is 4.61. The van der Waals surface area contributed by atoms with E-state index in [4.69, 9.17) is 11.6 Å². The molecular formula is C16H17ClN2O3S. The highest BCUT2D eigenvalue weighted by atomic mass is 35.5. The Bertz CT molecular complexity index is 896. The molecule has 0 unspecified atom stereocenters. The molecule has 0 amide bonds. The first-order valence-electron chi connectivity index (χ1n) is 7.25. The van der Waals surface area contributed by atoms with Crippen LogP contribution >= 0.6 is 11.6 Å². The van der Waals surface area contributed by atoms with Gasteiger partial charge in [0.15, 0.2) is 5.78 Å². The van der Waals surface area contributed by atoms with Gasteiger partial charge in [0.05, 0.1) is 21.8 Å². The van der Waals surface area contributed by atoms with Crippen LogP contribution in [0.1, 0.15) is 42.0 Å². The van der Waals surface area contributed by atoms with Crippen molar-refractivity contribution in [1.29, 1.82) is 0 Å². The van der Waals surface area contributed by atoms with Crippen molar-refractivity contribution >= 4 is 27.4 Å². The molecule has 5 nitrogen and oxygen atoms in total. The number of hydrogen-bond donors (Lipinski definition) is 0. The van der Waals surface area contributed by atoms with E-state index in [9.17, 15) is 13.2 Å². The number of rotatable bonds is 2. The number of fused-ring (bicyclic) bond motifs is 1. The van der Waals surface area contributed by atoms with Crippen molar-refractivity contribution in [1.82, 2.24) is 9.19 Å². The van der Waals surface area contributed by atoms with Crippen LogP contribution in [0.5, 0.6) is 0 Å². The van der Waals surface area contributed by atoms with Crippen LogP contribution < -0.4 is 0 Å². The van der Waals surface area contributed by atoms with Gasteiger partial charge in [0.2, 0.25) is 0 Å². The Hall–Kier alpha value is -1.66. The molecule has 1 aliphatic rings. The number of carbonyl (C=O) groups excluding carboxylic acids is 1. The summed E-state index contributed by atoms with van der Waals surface area (Å²) in [6.07, 6.45) is 0.884. The molecule has 3 rings (SSSR count). The average molecular weight is 353 g/mol. The van der Waals surface area contributed by atoms with Gasteiger partial charge in [-0.1, -0.05) is 25.4 Å². The topological polar surface area (TPSA) is 69.0 Å². The molecule has 1 aromatic carbocycles. The van der Waals surface area contributed by atoms with E-state index in [0.717, 1.165) is 4.09 Å². The van der Waals surface area contributed by atoms with Gasteiger partial charge in [-0.3, -0.25) is 4.79 Å². The van der Waals surface area contributed by atoms with Gasteiger partial charge in [-0.05, 0) is 43.0 Å². The molecular weight excluding hydrogens is 336 g/mol.